The number of carboxylic acids is 1. The van der Waals surface area contributed by atoms with Crippen LogP contribution in [0, 0.1) is 0 Å². The van der Waals surface area contributed by atoms with Gasteiger partial charge in [-0.2, -0.15) is 0 Å². The first-order chi connectivity index (χ1) is 8.75. The number of H-pyrrole nitrogens is 1. The van der Waals surface area contributed by atoms with Gasteiger partial charge in [-0.15, -0.1) is 10.2 Å². The predicted octanol–water partition coefficient (Wildman–Crippen LogP) is 1.75. The van der Waals surface area contributed by atoms with E-state index in [0.29, 0.717) is 18.8 Å². The van der Waals surface area contributed by atoms with E-state index in [4.69, 9.17) is 5.11 Å². The van der Waals surface area contributed by atoms with Crippen molar-refractivity contribution >= 4 is 11.8 Å². The lowest BCUT2D eigenvalue weighted by atomic mass is 10.3. The Kier molecular flexibility index (Phi) is 3.90. The molecule has 2 aromatic heterocycles. The van der Waals surface area contributed by atoms with Crippen molar-refractivity contribution in [3.8, 4) is 11.4 Å². The zero-order valence-corrected chi connectivity index (χ0v) is 9.76. The first-order valence-electron chi connectivity index (χ1n) is 5.69. The average Bonchev–Trinajstić information content (AvgIpc) is 2.89. The lowest BCUT2D eigenvalue weighted by molar-refractivity contribution is -0.137. The SMILES string of the molecule is O=C(O)CCCNc1ccc(-c2ccc[nH]2)nn1. The fourth-order valence-corrected chi connectivity index (χ4v) is 1.52. The molecule has 0 unspecified atom stereocenters. The fraction of sp³-hybridized carbons (Fsp3) is 0.250. The monoisotopic (exact) mass is 246 g/mol. The Hall–Kier alpha value is -2.37. The Balaban J connectivity index is 1.86. The maximum Gasteiger partial charge on any atom is 0.303 e. The lowest BCUT2D eigenvalue weighted by Crippen LogP contribution is -2.06. The molecule has 6 nitrogen and oxygen atoms in total. The topological polar surface area (TPSA) is 90.9 Å². The minimum absolute atomic E-state index is 0.154. The second-order valence-corrected chi connectivity index (χ2v) is 3.81. The number of anilines is 1. The van der Waals surface area contributed by atoms with Crippen LogP contribution in [0.15, 0.2) is 30.5 Å². The third-order valence-corrected chi connectivity index (χ3v) is 2.41. The molecule has 0 aliphatic carbocycles. The molecule has 0 aliphatic rings. The molecule has 2 rings (SSSR count). The van der Waals surface area contributed by atoms with Gasteiger partial charge in [-0.25, -0.2) is 0 Å². The van der Waals surface area contributed by atoms with Crippen molar-refractivity contribution in [3.63, 3.8) is 0 Å². The normalized spacial score (nSPS) is 10.2. The molecule has 0 bridgehead atoms. The quantitative estimate of drug-likeness (QED) is 0.675. The van der Waals surface area contributed by atoms with Crippen LogP contribution in [-0.4, -0.2) is 32.8 Å². The third kappa shape index (κ3) is 3.31. The number of rotatable bonds is 6. The van der Waals surface area contributed by atoms with Gasteiger partial charge in [0.25, 0.3) is 0 Å². The van der Waals surface area contributed by atoms with Crippen molar-refractivity contribution in [2.45, 2.75) is 12.8 Å². The molecular weight excluding hydrogens is 232 g/mol. The molecule has 0 fully saturated rings. The van der Waals surface area contributed by atoms with Gasteiger partial charge in [0.15, 0.2) is 0 Å². The smallest absolute Gasteiger partial charge is 0.303 e. The number of carbonyl (C=O) groups is 1. The van der Waals surface area contributed by atoms with E-state index >= 15 is 0 Å². The zero-order chi connectivity index (χ0) is 12.8. The molecule has 0 aromatic carbocycles. The maximum atomic E-state index is 10.3. The van der Waals surface area contributed by atoms with Crippen LogP contribution in [0.25, 0.3) is 11.4 Å². The molecule has 94 valence electrons. The highest BCUT2D eigenvalue weighted by molar-refractivity contribution is 5.66. The molecule has 0 radical (unpaired) electrons. The van der Waals surface area contributed by atoms with Crippen molar-refractivity contribution < 1.29 is 9.90 Å². The van der Waals surface area contributed by atoms with Gasteiger partial charge in [-0.3, -0.25) is 4.79 Å². The Morgan fingerprint density at radius 1 is 1.33 bits per heavy atom. The molecule has 3 N–H and O–H groups in total. The summed E-state index contributed by atoms with van der Waals surface area (Å²) in [4.78, 5) is 13.4. The van der Waals surface area contributed by atoms with Crippen LogP contribution in [-0.2, 0) is 4.79 Å². The number of nitrogens with one attached hydrogen (secondary N) is 2. The van der Waals surface area contributed by atoms with Crippen LogP contribution in [0.3, 0.4) is 0 Å². The molecule has 0 aliphatic heterocycles. The molecular formula is C12H14N4O2. The van der Waals surface area contributed by atoms with E-state index in [2.05, 4.69) is 20.5 Å². The van der Waals surface area contributed by atoms with Gasteiger partial charge in [-0.1, -0.05) is 0 Å². The molecule has 2 aromatic rings. The summed E-state index contributed by atoms with van der Waals surface area (Å²) < 4.78 is 0. The molecule has 18 heavy (non-hydrogen) atoms. The molecule has 0 atom stereocenters. The summed E-state index contributed by atoms with van der Waals surface area (Å²) in [6, 6.07) is 7.50. The van der Waals surface area contributed by atoms with E-state index in [1.807, 2.05) is 30.5 Å². The molecule has 0 amide bonds. The Morgan fingerprint density at radius 3 is 2.83 bits per heavy atom. The van der Waals surface area contributed by atoms with E-state index in [0.717, 1.165) is 11.4 Å². The van der Waals surface area contributed by atoms with Crippen molar-refractivity contribution in [2.75, 3.05) is 11.9 Å². The summed E-state index contributed by atoms with van der Waals surface area (Å²) in [7, 11) is 0. The van der Waals surface area contributed by atoms with E-state index in [1.165, 1.54) is 0 Å². The van der Waals surface area contributed by atoms with Gasteiger partial charge < -0.3 is 15.4 Å². The van der Waals surface area contributed by atoms with E-state index in [9.17, 15) is 4.79 Å². The van der Waals surface area contributed by atoms with Crippen molar-refractivity contribution in [1.29, 1.82) is 0 Å². The third-order valence-electron chi connectivity index (χ3n) is 2.41. The number of aromatic amines is 1. The van der Waals surface area contributed by atoms with Gasteiger partial charge in [0.2, 0.25) is 0 Å². The second-order valence-electron chi connectivity index (χ2n) is 3.81. The lowest BCUT2D eigenvalue weighted by Gasteiger charge is -2.04. The fourth-order valence-electron chi connectivity index (χ4n) is 1.52. The average molecular weight is 246 g/mol. The van der Waals surface area contributed by atoms with Gasteiger partial charge >= 0.3 is 5.97 Å². The second kappa shape index (κ2) is 5.81. The highest BCUT2D eigenvalue weighted by atomic mass is 16.4. The standard InChI is InChI=1S/C12H14N4O2/c17-12(18)4-2-8-14-11-6-5-10(15-16-11)9-3-1-7-13-9/h1,3,5-7,13H,2,4,8H2,(H,14,16)(H,17,18). The van der Waals surface area contributed by atoms with E-state index < -0.39 is 5.97 Å². The van der Waals surface area contributed by atoms with Crippen LogP contribution >= 0.6 is 0 Å². The van der Waals surface area contributed by atoms with Crippen LogP contribution in [0.1, 0.15) is 12.8 Å². The summed E-state index contributed by atoms with van der Waals surface area (Å²) in [5.41, 5.74) is 1.69. The number of aliphatic carboxylic acids is 1. The molecule has 2 heterocycles. The highest BCUT2D eigenvalue weighted by Crippen LogP contribution is 2.14. The van der Waals surface area contributed by atoms with Crippen LogP contribution in [0.2, 0.25) is 0 Å². The number of carboxylic acid groups (broad SMARTS) is 1. The molecule has 0 spiro atoms. The van der Waals surface area contributed by atoms with E-state index in [-0.39, 0.29) is 6.42 Å². The van der Waals surface area contributed by atoms with Crippen molar-refractivity contribution in [3.05, 3.63) is 30.5 Å². The van der Waals surface area contributed by atoms with Crippen LogP contribution in [0.4, 0.5) is 5.82 Å². The maximum absolute atomic E-state index is 10.3. The summed E-state index contributed by atoms with van der Waals surface area (Å²) in [5.74, 6) is -0.138. The van der Waals surface area contributed by atoms with Crippen LogP contribution < -0.4 is 5.32 Å². The van der Waals surface area contributed by atoms with Gasteiger partial charge in [0.1, 0.15) is 11.5 Å². The molecule has 6 heteroatoms. The van der Waals surface area contributed by atoms with Crippen molar-refractivity contribution in [1.82, 2.24) is 15.2 Å². The summed E-state index contributed by atoms with van der Waals surface area (Å²) in [6.07, 6.45) is 2.55. The summed E-state index contributed by atoms with van der Waals surface area (Å²) in [6.45, 7) is 0.572. The summed E-state index contributed by atoms with van der Waals surface area (Å²) in [5, 5.41) is 19.6. The number of nitrogens with zero attached hydrogens (tertiary/aromatic N) is 2. The highest BCUT2D eigenvalue weighted by Gasteiger charge is 2.01. The van der Waals surface area contributed by atoms with Gasteiger partial charge in [0, 0.05) is 19.2 Å². The first kappa shape index (κ1) is 12.1. The Bertz CT molecular complexity index is 493. The summed E-state index contributed by atoms with van der Waals surface area (Å²) >= 11 is 0. The van der Waals surface area contributed by atoms with E-state index in [1.54, 1.807) is 0 Å². The van der Waals surface area contributed by atoms with Gasteiger partial charge in [-0.05, 0) is 30.7 Å². The van der Waals surface area contributed by atoms with Crippen LogP contribution in [0.5, 0.6) is 0 Å². The first-order valence-corrected chi connectivity index (χ1v) is 5.69. The molecule has 0 saturated heterocycles. The number of hydrogen-bond donors (Lipinski definition) is 3. The Morgan fingerprint density at radius 2 is 2.22 bits per heavy atom. The minimum atomic E-state index is -0.787. The minimum Gasteiger partial charge on any atom is -0.481 e. The predicted molar refractivity (Wildman–Crippen MR) is 67.2 cm³/mol. The largest absolute Gasteiger partial charge is 0.481 e. The number of aromatic nitrogens is 3. The van der Waals surface area contributed by atoms with Crippen molar-refractivity contribution in [2.24, 2.45) is 0 Å². The number of hydrogen-bond acceptors (Lipinski definition) is 4. The molecule has 0 saturated carbocycles. The Labute approximate surface area is 104 Å². The zero-order valence-electron chi connectivity index (χ0n) is 9.76. The van der Waals surface area contributed by atoms with Gasteiger partial charge in [0.05, 0.1) is 5.69 Å².